The molecule has 0 nitrogen and oxygen atoms in total. The van der Waals surface area contributed by atoms with Crippen LogP contribution in [0.2, 0.25) is 0 Å². The van der Waals surface area contributed by atoms with E-state index < -0.39 is 0 Å². The summed E-state index contributed by atoms with van der Waals surface area (Å²) in [6, 6.07) is 0. The van der Waals surface area contributed by atoms with Gasteiger partial charge < -0.3 is 0 Å². The first-order chi connectivity index (χ1) is 4.38. The molecule has 0 saturated heterocycles. The summed E-state index contributed by atoms with van der Waals surface area (Å²) >= 11 is 0. The normalized spacial score (nSPS) is 54.0. The van der Waals surface area contributed by atoms with Crippen molar-refractivity contribution in [1.29, 1.82) is 0 Å². The van der Waals surface area contributed by atoms with E-state index in [0.29, 0.717) is 0 Å². The van der Waals surface area contributed by atoms with Gasteiger partial charge in [-0.3, -0.25) is 0 Å². The summed E-state index contributed by atoms with van der Waals surface area (Å²) in [5.41, 5.74) is 0. The zero-order chi connectivity index (χ0) is 6.43. The SMILES string of the molecule is CCC1CC2C(CC)C12. The summed E-state index contributed by atoms with van der Waals surface area (Å²) in [5.74, 6) is 4.69. The summed E-state index contributed by atoms with van der Waals surface area (Å²) < 4.78 is 0. The van der Waals surface area contributed by atoms with Crippen molar-refractivity contribution in [3.05, 3.63) is 0 Å². The molecular formula is C9H16. The predicted octanol–water partition coefficient (Wildman–Crippen LogP) is 2.69. The summed E-state index contributed by atoms with van der Waals surface area (Å²) in [5, 5.41) is 0. The molecule has 0 aromatic heterocycles. The van der Waals surface area contributed by atoms with E-state index in [-0.39, 0.29) is 0 Å². The van der Waals surface area contributed by atoms with E-state index >= 15 is 0 Å². The van der Waals surface area contributed by atoms with Gasteiger partial charge in [-0.2, -0.15) is 0 Å². The lowest BCUT2D eigenvalue weighted by Crippen LogP contribution is -2.13. The third-order valence-electron chi connectivity index (χ3n) is 3.51. The van der Waals surface area contributed by atoms with Crippen molar-refractivity contribution in [2.24, 2.45) is 23.7 Å². The van der Waals surface area contributed by atoms with Gasteiger partial charge in [0.1, 0.15) is 0 Å². The lowest BCUT2D eigenvalue weighted by molar-refractivity contribution is 0.279. The van der Waals surface area contributed by atoms with Gasteiger partial charge in [0, 0.05) is 0 Å². The van der Waals surface area contributed by atoms with Crippen molar-refractivity contribution in [1.82, 2.24) is 0 Å². The molecule has 0 aliphatic heterocycles. The quantitative estimate of drug-likeness (QED) is 0.531. The zero-order valence-electron chi connectivity index (χ0n) is 6.43. The molecule has 0 aromatic rings. The number of hydrogen-bond donors (Lipinski definition) is 0. The molecule has 0 bridgehead atoms. The van der Waals surface area contributed by atoms with Crippen molar-refractivity contribution in [2.75, 3.05) is 0 Å². The van der Waals surface area contributed by atoms with Crippen LogP contribution in [0, 0.1) is 23.7 Å². The lowest BCUT2D eigenvalue weighted by Gasteiger charge is -2.22. The van der Waals surface area contributed by atoms with Gasteiger partial charge in [0.05, 0.1) is 0 Å². The van der Waals surface area contributed by atoms with Crippen LogP contribution in [0.4, 0.5) is 0 Å². The predicted molar refractivity (Wildman–Crippen MR) is 39.2 cm³/mol. The highest BCUT2D eigenvalue weighted by molar-refractivity contribution is 5.08. The van der Waals surface area contributed by atoms with Crippen LogP contribution in [0.1, 0.15) is 33.1 Å². The second-order valence-corrected chi connectivity index (χ2v) is 3.72. The van der Waals surface area contributed by atoms with Crippen LogP contribution in [0.5, 0.6) is 0 Å². The van der Waals surface area contributed by atoms with Gasteiger partial charge in [0.15, 0.2) is 0 Å². The van der Waals surface area contributed by atoms with E-state index in [1.807, 2.05) is 0 Å². The van der Waals surface area contributed by atoms with Gasteiger partial charge in [0.25, 0.3) is 0 Å². The molecule has 2 rings (SSSR count). The molecule has 0 heteroatoms. The van der Waals surface area contributed by atoms with Crippen LogP contribution >= 0.6 is 0 Å². The van der Waals surface area contributed by atoms with Crippen LogP contribution in [0.3, 0.4) is 0 Å². The fourth-order valence-electron chi connectivity index (χ4n) is 2.83. The number of hydrogen-bond acceptors (Lipinski definition) is 0. The van der Waals surface area contributed by atoms with E-state index in [1.54, 1.807) is 6.42 Å². The first-order valence-electron chi connectivity index (χ1n) is 4.38. The smallest absolute Gasteiger partial charge is 0.0323 e. The van der Waals surface area contributed by atoms with Crippen LogP contribution in [0.15, 0.2) is 0 Å². The van der Waals surface area contributed by atoms with Gasteiger partial charge in [-0.25, -0.2) is 0 Å². The molecule has 0 amide bonds. The zero-order valence-corrected chi connectivity index (χ0v) is 6.43. The molecule has 0 heterocycles. The van der Waals surface area contributed by atoms with Crippen LogP contribution in [-0.4, -0.2) is 0 Å². The Morgan fingerprint density at radius 3 is 2.33 bits per heavy atom. The number of rotatable bonds is 2. The maximum Gasteiger partial charge on any atom is -0.0323 e. The van der Waals surface area contributed by atoms with Gasteiger partial charge in [-0.05, 0) is 30.1 Å². The maximum absolute atomic E-state index is 2.34. The minimum absolute atomic E-state index is 1.14. The molecule has 0 spiro atoms. The Labute approximate surface area is 57.6 Å². The third kappa shape index (κ3) is 0.595. The first kappa shape index (κ1) is 5.76. The molecule has 52 valence electrons. The summed E-state index contributed by atoms with van der Waals surface area (Å²) in [6.07, 6.45) is 4.46. The monoisotopic (exact) mass is 124 g/mol. The molecule has 0 radical (unpaired) electrons. The van der Waals surface area contributed by atoms with E-state index in [0.717, 1.165) is 11.8 Å². The molecule has 0 aromatic carbocycles. The molecule has 9 heavy (non-hydrogen) atoms. The second kappa shape index (κ2) is 1.74. The lowest BCUT2D eigenvalue weighted by atomic mass is 9.84. The van der Waals surface area contributed by atoms with Crippen LogP contribution in [0.25, 0.3) is 0 Å². The maximum atomic E-state index is 2.34. The van der Waals surface area contributed by atoms with Crippen LogP contribution < -0.4 is 0 Å². The van der Waals surface area contributed by atoms with Gasteiger partial charge in [-0.15, -0.1) is 0 Å². The van der Waals surface area contributed by atoms with Crippen LogP contribution in [-0.2, 0) is 0 Å². The Morgan fingerprint density at radius 2 is 2.00 bits per heavy atom. The fraction of sp³-hybridized carbons (Fsp3) is 1.00. The first-order valence-corrected chi connectivity index (χ1v) is 4.38. The average molecular weight is 124 g/mol. The highest BCUT2D eigenvalue weighted by Gasteiger charge is 2.60. The Bertz CT molecular complexity index is 111. The highest BCUT2D eigenvalue weighted by atomic mass is 14.6. The summed E-state index contributed by atoms with van der Waals surface area (Å²) in [4.78, 5) is 0. The molecule has 2 aliphatic carbocycles. The van der Waals surface area contributed by atoms with Crippen molar-refractivity contribution < 1.29 is 0 Å². The van der Waals surface area contributed by atoms with Gasteiger partial charge in [-0.1, -0.05) is 26.7 Å². The van der Waals surface area contributed by atoms with E-state index in [4.69, 9.17) is 0 Å². The van der Waals surface area contributed by atoms with Crippen molar-refractivity contribution in [2.45, 2.75) is 33.1 Å². The van der Waals surface area contributed by atoms with Gasteiger partial charge in [0.2, 0.25) is 0 Å². The Morgan fingerprint density at radius 1 is 1.22 bits per heavy atom. The average Bonchev–Trinajstić information content (AvgIpc) is 2.38. The largest absolute Gasteiger partial charge is 0.0651 e. The molecule has 2 fully saturated rings. The topological polar surface area (TPSA) is 0 Å². The minimum atomic E-state index is 1.14. The van der Waals surface area contributed by atoms with E-state index in [1.165, 1.54) is 24.7 Å². The minimum Gasteiger partial charge on any atom is -0.0651 e. The van der Waals surface area contributed by atoms with E-state index in [9.17, 15) is 0 Å². The van der Waals surface area contributed by atoms with Crippen molar-refractivity contribution in [3.8, 4) is 0 Å². The molecule has 0 N–H and O–H groups in total. The highest BCUT2D eigenvalue weighted by Crippen LogP contribution is 2.66. The van der Waals surface area contributed by atoms with E-state index in [2.05, 4.69) is 13.8 Å². The Hall–Kier alpha value is 0. The summed E-state index contributed by atoms with van der Waals surface area (Å²) in [7, 11) is 0. The molecule has 2 aliphatic rings. The Balaban J connectivity index is 1.87. The molecular weight excluding hydrogens is 108 g/mol. The van der Waals surface area contributed by atoms with Crippen molar-refractivity contribution in [3.63, 3.8) is 0 Å². The molecule has 2 saturated carbocycles. The van der Waals surface area contributed by atoms with Crippen molar-refractivity contribution >= 4 is 0 Å². The van der Waals surface area contributed by atoms with Gasteiger partial charge >= 0.3 is 0 Å². The molecule has 4 atom stereocenters. The third-order valence-corrected chi connectivity index (χ3v) is 3.51. The molecule has 4 unspecified atom stereocenters. The number of fused-ring (bicyclic) bond motifs is 1. The summed E-state index contributed by atoms with van der Waals surface area (Å²) in [6.45, 7) is 4.68. The Kier molecular flexibility index (Phi) is 1.12. The standard InChI is InChI=1S/C9H16/c1-3-6-5-8-7(4-2)9(6)8/h6-9H,3-5H2,1-2H3. The second-order valence-electron chi connectivity index (χ2n) is 3.72. The fourth-order valence-corrected chi connectivity index (χ4v) is 2.83.